The van der Waals surface area contributed by atoms with Crippen LogP contribution < -0.4 is 0 Å². The van der Waals surface area contributed by atoms with E-state index in [0.29, 0.717) is 17.7 Å². The van der Waals surface area contributed by atoms with Gasteiger partial charge in [-0.15, -0.1) is 0 Å². The predicted octanol–water partition coefficient (Wildman–Crippen LogP) is 5.05. The molecule has 2 aromatic heterocycles. The minimum absolute atomic E-state index is 0.247. The van der Waals surface area contributed by atoms with E-state index >= 15 is 0 Å². The molecule has 2 aromatic carbocycles. The Labute approximate surface area is 162 Å². The molecular formula is C23H19FN2O2. The van der Waals surface area contributed by atoms with Crippen LogP contribution in [0.1, 0.15) is 27.3 Å². The summed E-state index contributed by atoms with van der Waals surface area (Å²) in [7, 11) is 1.33. The van der Waals surface area contributed by atoms with Crippen LogP contribution in [0.15, 0.2) is 60.7 Å². The first-order valence-electron chi connectivity index (χ1n) is 8.97. The number of aromatic amines is 1. The molecule has 0 unspecified atom stereocenters. The summed E-state index contributed by atoms with van der Waals surface area (Å²) in [4.78, 5) is 19.7. The lowest BCUT2D eigenvalue weighted by Gasteiger charge is -2.07. The zero-order valence-electron chi connectivity index (χ0n) is 15.6. The number of carbonyl (C=O) groups excluding carboxylic acids is 1. The van der Waals surface area contributed by atoms with Crippen LogP contribution in [0.3, 0.4) is 0 Å². The fourth-order valence-corrected chi connectivity index (χ4v) is 3.39. The van der Waals surface area contributed by atoms with Gasteiger partial charge >= 0.3 is 5.97 Å². The van der Waals surface area contributed by atoms with Crippen LogP contribution >= 0.6 is 0 Å². The van der Waals surface area contributed by atoms with Crippen LogP contribution in [0, 0.1) is 12.7 Å². The van der Waals surface area contributed by atoms with E-state index in [1.54, 1.807) is 25.1 Å². The molecule has 0 amide bonds. The van der Waals surface area contributed by atoms with E-state index < -0.39 is 5.97 Å². The van der Waals surface area contributed by atoms with E-state index in [2.05, 4.69) is 9.97 Å². The SMILES string of the molecule is COC(=O)c1cccc(Cc2c(-c3ccccc3)[nH]c3cc(C)c(F)cc23)n1. The number of hydrogen-bond donors (Lipinski definition) is 1. The Hall–Kier alpha value is -3.47. The molecule has 140 valence electrons. The number of fused-ring (bicyclic) bond motifs is 1. The number of halogens is 1. The molecule has 0 saturated heterocycles. The Morgan fingerprint density at radius 1 is 1.11 bits per heavy atom. The van der Waals surface area contributed by atoms with Gasteiger partial charge in [-0.3, -0.25) is 0 Å². The second kappa shape index (κ2) is 7.27. The maximum absolute atomic E-state index is 14.3. The van der Waals surface area contributed by atoms with E-state index in [4.69, 9.17) is 4.74 Å². The van der Waals surface area contributed by atoms with Gasteiger partial charge in [0.2, 0.25) is 0 Å². The standard InChI is InChI=1S/C23H19FN2O2/c1-14-11-21-17(13-19(14)24)18(22(26-21)15-7-4-3-5-8-15)12-16-9-6-10-20(25-16)23(27)28-2/h3-11,13,26H,12H2,1-2H3. The number of esters is 1. The molecule has 1 N–H and O–H groups in total. The van der Waals surface area contributed by atoms with Crippen molar-refractivity contribution in [2.75, 3.05) is 7.11 Å². The van der Waals surface area contributed by atoms with Gasteiger partial charge in [-0.1, -0.05) is 36.4 Å². The summed E-state index contributed by atoms with van der Waals surface area (Å²) in [6, 6.07) is 18.5. The molecule has 4 nitrogen and oxygen atoms in total. The smallest absolute Gasteiger partial charge is 0.356 e. The molecule has 0 aliphatic heterocycles. The fraction of sp³-hybridized carbons (Fsp3) is 0.130. The maximum atomic E-state index is 14.3. The van der Waals surface area contributed by atoms with Crippen LogP contribution in [0.25, 0.3) is 22.2 Å². The van der Waals surface area contributed by atoms with Crippen molar-refractivity contribution >= 4 is 16.9 Å². The summed E-state index contributed by atoms with van der Waals surface area (Å²) in [6.07, 6.45) is 0.456. The number of pyridine rings is 1. The largest absolute Gasteiger partial charge is 0.464 e. The van der Waals surface area contributed by atoms with Crippen molar-refractivity contribution in [3.8, 4) is 11.3 Å². The molecule has 28 heavy (non-hydrogen) atoms. The minimum Gasteiger partial charge on any atom is -0.464 e. The molecule has 4 rings (SSSR count). The Morgan fingerprint density at radius 3 is 2.64 bits per heavy atom. The number of nitrogens with zero attached hydrogens (tertiary/aromatic N) is 1. The molecule has 0 bridgehead atoms. The quantitative estimate of drug-likeness (QED) is 0.508. The average Bonchev–Trinajstić information content (AvgIpc) is 3.06. The van der Waals surface area contributed by atoms with Crippen molar-refractivity contribution in [2.45, 2.75) is 13.3 Å². The number of rotatable bonds is 4. The van der Waals surface area contributed by atoms with Gasteiger partial charge < -0.3 is 9.72 Å². The van der Waals surface area contributed by atoms with E-state index in [9.17, 15) is 9.18 Å². The van der Waals surface area contributed by atoms with Gasteiger partial charge in [0.05, 0.1) is 12.8 Å². The molecule has 0 aliphatic rings. The van der Waals surface area contributed by atoms with Crippen molar-refractivity contribution in [3.05, 3.63) is 89.0 Å². The number of ether oxygens (including phenoxy) is 1. The van der Waals surface area contributed by atoms with Gasteiger partial charge in [0.15, 0.2) is 0 Å². The predicted molar refractivity (Wildman–Crippen MR) is 107 cm³/mol. The zero-order chi connectivity index (χ0) is 19.7. The molecule has 4 aromatic rings. The van der Waals surface area contributed by atoms with Gasteiger partial charge in [-0.05, 0) is 47.9 Å². The third kappa shape index (κ3) is 3.27. The Morgan fingerprint density at radius 2 is 1.89 bits per heavy atom. The number of benzene rings is 2. The molecule has 0 aliphatic carbocycles. The minimum atomic E-state index is -0.481. The third-order valence-electron chi connectivity index (χ3n) is 4.81. The summed E-state index contributed by atoms with van der Waals surface area (Å²) >= 11 is 0. The van der Waals surface area contributed by atoms with Gasteiger partial charge in [-0.25, -0.2) is 14.2 Å². The molecule has 0 spiro atoms. The highest BCUT2D eigenvalue weighted by Crippen LogP contribution is 2.33. The first kappa shape index (κ1) is 17.9. The second-order valence-corrected chi connectivity index (χ2v) is 6.67. The highest BCUT2D eigenvalue weighted by molar-refractivity contribution is 5.92. The van der Waals surface area contributed by atoms with Gasteiger partial charge in [0, 0.05) is 23.0 Å². The van der Waals surface area contributed by atoms with Gasteiger partial charge in [0.25, 0.3) is 0 Å². The number of hydrogen-bond acceptors (Lipinski definition) is 3. The third-order valence-corrected chi connectivity index (χ3v) is 4.81. The topological polar surface area (TPSA) is 55.0 Å². The van der Waals surface area contributed by atoms with Gasteiger partial charge in [-0.2, -0.15) is 0 Å². The maximum Gasteiger partial charge on any atom is 0.356 e. The van der Waals surface area contributed by atoms with Gasteiger partial charge in [0.1, 0.15) is 11.5 Å². The van der Waals surface area contributed by atoms with Crippen LogP contribution in [-0.2, 0) is 11.2 Å². The normalized spacial score (nSPS) is 11.0. The highest BCUT2D eigenvalue weighted by Gasteiger charge is 2.17. The van der Waals surface area contributed by atoms with Crippen LogP contribution in [0.5, 0.6) is 0 Å². The summed E-state index contributed by atoms with van der Waals surface area (Å²) in [5, 5.41) is 0.812. The summed E-state index contributed by atoms with van der Waals surface area (Å²) in [6.45, 7) is 1.75. The summed E-state index contributed by atoms with van der Waals surface area (Å²) in [5.41, 5.74) is 5.30. The lowest BCUT2D eigenvalue weighted by molar-refractivity contribution is 0.0593. The average molecular weight is 374 g/mol. The van der Waals surface area contributed by atoms with Crippen LogP contribution in [-0.4, -0.2) is 23.0 Å². The second-order valence-electron chi connectivity index (χ2n) is 6.67. The van der Waals surface area contributed by atoms with Crippen molar-refractivity contribution < 1.29 is 13.9 Å². The van der Waals surface area contributed by atoms with E-state index in [1.807, 2.05) is 42.5 Å². The Balaban J connectivity index is 1.87. The fourth-order valence-electron chi connectivity index (χ4n) is 3.39. The first-order valence-corrected chi connectivity index (χ1v) is 8.97. The molecule has 5 heteroatoms. The summed E-state index contributed by atoms with van der Waals surface area (Å²) in [5.74, 6) is -0.727. The van der Waals surface area contributed by atoms with Crippen molar-refractivity contribution in [3.63, 3.8) is 0 Å². The monoisotopic (exact) mass is 374 g/mol. The molecule has 0 saturated carbocycles. The molecule has 0 fully saturated rings. The number of nitrogens with one attached hydrogen (secondary N) is 1. The molecule has 0 atom stereocenters. The van der Waals surface area contributed by atoms with Crippen LogP contribution in [0.4, 0.5) is 4.39 Å². The molecule has 0 radical (unpaired) electrons. The lowest BCUT2D eigenvalue weighted by atomic mass is 10.00. The lowest BCUT2D eigenvalue weighted by Crippen LogP contribution is -2.06. The first-order chi connectivity index (χ1) is 13.6. The Kier molecular flexibility index (Phi) is 4.65. The number of aryl methyl sites for hydroxylation is 1. The molecule has 2 heterocycles. The number of aromatic nitrogens is 2. The van der Waals surface area contributed by atoms with Crippen molar-refractivity contribution in [2.24, 2.45) is 0 Å². The van der Waals surface area contributed by atoms with Crippen molar-refractivity contribution in [1.29, 1.82) is 0 Å². The van der Waals surface area contributed by atoms with E-state index in [0.717, 1.165) is 27.7 Å². The zero-order valence-corrected chi connectivity index (χ0v) is 15.6. The van der Waals surface area contributed by atoms with E-state index in [1.165, 1.54) is 7.11 Å². The molecular weight excluding hydrogens is 355 g/mol. The van der Waals surface area contributed by atoms with Crippen molar-refractivity contribution in [1.82, 2.24) is 9.97 Å². The van der Waals surface area contributed by atoms with Crippen LogP contribution in [0.2, 0.25) is 0 Å². The summed E-state index contributed by atoms with van der Waals surface area (Å²) < 4.78 is 19.1. The highest BCUT2D eigenvalue weighted by atomic mass is 19.1. The number of methoxy groups -OCH3 is 1. The Bertz CT molecular complexity index is 1170. The number of H-pyrrole nitrogens is 1. The number of carbonyl (C=O) groups is 1. The van der Waals surface area contributed by atoms with E-state index in [-0.39, 0.29) is 11.5 Å².